The highest BCUT2D eigenvalue weighted by molar-refractivity contribution is 7.80. The van der Waals surface area contributed by atoms with Gasteiger partial charge in [0.05, 0.1) is 19.8 Å². The van der Waals surface area contributed by atoms with E-state index in [1.165, 1.54) is 0 Å². The second kappa shape index (κ2) is 4.28. The molecule has 0 bridgehead atoms. The molecule has 0 aliphatic carbocycles. The van der Waals surface area contributed by atoms with Crippen LogP contribution in [0.2, 0.25) is 0 Å². The maximum Gasteiger partial charge on any atom is 0.129 e. The van der Waals surface area contributed by atoms with Crippen LogP contribution < -0.4 is 15.2 Å². The highest BCUT2D eigenvalue weighted by Crippen LogP contribution is 2.27. The first-order valence-electron chi connectivity index (χ1n) is 4.12. The number of hydrogen-bond donors (Lipinski definition) is 1. The molecule has 2 N–H and O–H groups in total. The summed E-state index contributed by atoms with van der Waals surface area (Å²) in [6.45, 7) is 1.94. The van der Waals surface area contributed by atoms with E-state index in [4.69, 9.17) is 27.4 Å². The predicted molar refractivity (Wildman–Crippen MR) is 60.2 cm³/mol. The molecule has 0 saturated heterocycles. The van der Waals surface area contributed by atoms with E-state index in [-0.39, 0.29) is 0 Å². The quantitative estimate of drug-likeness (QED) is 0.772. The smallest absolute Gasteiger partial charge is 0.129 e. The van der Waals surface area contributed by atoms with Crippen molar-refractivity contribution in [2.24, 2.45) is 5.73 Å². The largest absolute Gasteiger partial charge is 0.496 e. The lowest BCUT2D eigenvalue weighted by molar-refractivity contribution is 0.400. The molecule has 0 saturated carbocycles. The summed E-state index contributed by atoms with van der Waals surface area (Å²) in [5.41, 5.74) is 7.25. The Balaban J connectivity index is 3.32. The molecule has 3 nitrogen and oxygen atoms in total. The van der Waals surface area contributed by atoms with Crippen LogP contribution in [0.4, 0.5) is 0 Å². The van der Waals surface area contributed by atoms with E-state index >= 15 is 0 Å². The third kappa shape index (κ3) is 1.96. The molecular weight excluding hydrogens is 198 g/mol. The summed E-state index contributed by atoms with van der Waals surface area (Å²) in [5.74, 6) is 1.43. The Morgan fingerprint density at radius 3 is 2.21 bits per heavy atom. The Bertz CT molecular complexity index is 363. The minimum absolute atomic E-state index is 0.306. The molecule has 76 valence electrons. The molecule has 0 amide bonds. The van der Waals surface area contributed by atoms with Crippen LogP contribution >= 0.6 is 12.2 Å². The molecule has 0 radical (unpaired) electrons. The minimum atomic E-state index is 0.306. The van der Waals surface area contributed by atoms with Gasteiger partial charge in [0, 0.05) is 0 Å². The number of aryl methyl sites for hydroxylation is 1. The average Bonchev–Trinajstić information content (AvgIpc) is 2.16. The number of benzene rings is 1. The molecule has 0 atom stereocenters. The molecular formula is C10H13NO2S. The molecule has 0 aromatic heterocycles. The highest BCUT2D eigenvalue weighted by atomic mass is 32.1. The van der Waals surface area contributed by atoms with Crippen LogP contribution in [0, 0.1) is 6.92 Å². The zero-order valence-electron chi connectivity index (χ0n) is 8.46. The first-order valence-corrected chi connectivity index (χ1v) is 4.53. The molecule has 0 unspecified atom stereocenters. The van der Waals surface area contributed by atoms with Crippen molar-refractivity contribution >= 4 is 17.2 Å². The van der Waals surface area contributed by atoms with Crippen molar-refractivity contribution in [3.05, 3.63) is 23.3 Å². The second-order valence-corrected chi connectivity index (χ2v) is 3.33. The molecule has 0 spiro atoms. The van der Waals surface area contributed by atoms with Crippen molar-refractivity contribution in [2.75, 3.05) is 14.2 Å². The number of hydrogen-bond acceptors (Lipinski definition) is 3. The Morgan fingerprint density at radius 2 is 1.79 bits per heavy atom. The third-order valence-corrected chi connectivity index (χ3v) is 2.20. The lowest BCUT2D eigenvalue weighted by Gasteiger charge is -2.11. The monoisotopic (exact) mass is 211 g/mol. The summed E-state index contributed by atoms with van der Waals surface area (Å²) < 4.78 is 10.3. The normalized spacial score (nSPS) is 9.64. The summed E-state index contributed by atoms with van der Waals surface area (Å²) in [7, 11) is 3.20. The Hall–Kier alpha value is -1.29. The second-order valence-electron chi connectivity index (χ2n) is 2.89. The molecule has 14 heavy (non-hydrogen) atoms. The fourth-order valence-electron chi connectivity index (χ4n) is 1.24. The highest BCUT2D eigenvalue weighted by Gasteiger charge is 2.10. The lowest BCUT2D eigenvalue weighted by Crippen LogP contribution is -2.11. The van der Waals surface area contributed by atoms with Crippen LogP contribution in [0.1, 0.15) is 11.1 Å². The fraction of sp³-hybridized carbons (Fsp3) is 0.300. The van der Waals surface area contributed by atoms with Crippen molar-refractivity contribution in [1.29, 1.82) is 0 Å². The molecule has 0 aliphatic heterocycles. The van der Waals surface area contributed by atoms with Gasteiger partial charge in [0.25, 0.3) is 0 Å². The van der Waals surface area contributed by atoms with Crippen molar-refractivity contribution in [3.63, 3.8) is 0 Å². The van der Waals surface area contributed by atoms with E-state index in [0.717, 1.165) is 11.3 Å². The summed E-state index contributed by atoms with van der Waals surface area (Å²) in [6.07, 6.45) is 0. The van der Waals surface area contributed by atoms with Crippen LogP contribution in [-0.2, 0) is 0 Å². The fourth-order valence-corrected chi connectivity index (χ4v) is 1.40. The number of rotatable bonds is 3. The van der Waals surface area contributed by atoms with Crippen LogP contribution in [0.5, 0.6) is 11.5 Å². The molecule has 1 aromatic rings. The van der Waals surface area contributed by atoms with Crippen molar-refractivity contribution in [1.82, 2.24) is 0 Å². The van der Waals surface area contributed by atoms with Gasteiger partial charge in [0.1, 0.15) is 16.5 Å². The van der Waals surface area contributed by atoms with Crippen molar-refractivity contribution in [2.45, 2.75) is 6.92 Å². The zero-order chi connectivity index (χ0) is 10.7. The Labute approximate surface area is 88.8 Å². The van der Waals surface area contributed by atoms with Crippen molar-refractivity contribution in [3.8, 4) is 11.5 Å². The van der Waals surface area contributed by atoms with E-state index in [1.54, 1.807) is 20.3 Å². The SMILES string of the molecule is COc1cc(C(N)=S)c(OC)cc1C. The van der Waals surface area contributed by atoms with Crippen LogP contribution in [0.25, 0.3) is 0 Å². The molecule has 0 fully saturated rings. The van der Waals surface area contributed by atoms with E-state index in [2.05, 4.69) is 0 Å². The van der Waals surface area contributed by atoms with E-state index in [9.17, 15) is 0 Å². The van der Waals surface area contributed by atoms with Gasteiger partial charge in [0.15, 0.2) is 0 Å². The lowest BCUT2D eigenvalue weighted by atomic mass is 10.1. The number of nitrogens with two attached hydrogens (primary N) is 1. The van der Waals surface area contributed by atoms with Crippen LogP contribution in [0.15, 0.2) is 12.1 Å². The third-order valence-electron chi connectivity index (χ3n) is 1.98. The van der Waals surface area contributed by atoms with Gasteiger partial charge in [-0.25, -0.2) is 0 Å². The molecule has 0 aliphatic rings. The topological polar surface area (TPSA) is 44.5 Å². The number of thiocarbonyl (C=S) groups is 1. The van der Waals surface area contributed by atoms with E-state index in [0.29, 0.717) is 16.3 Å². The van der Waals surface area contributed by atoms with Gasteiger partial charge in [-0.15, -0.1) is 0 Å². The van der Waals surface area contributed by atoms with Gasteiger partial charge in [-0.2, -0.15) is 0 Å². The van der Waals surface area contributed by atoms with Crippen molar-refractivity contribution < 1.29 is 9.47 Å². The predicted octanol–water partition coefficient (Wildman–Crippen LogP) is 1.65. The first kappa shape index (κ1) is 10.8. The van der Waals surface area contributed by atoms with Gasteiger partial charge in [-0.1, -0.05) is 12.2 Å². The summed E-state index contributed by atoms with van der Waals surface area (Å²) in [5, 5.41) is 0. The molecule has 4 heteroatoms. The van der Waals surface area contributed by atoms with Gasteiger partial charge in [-0.05, 0) is 24.6 Å². The van der Waals surface area contributed by atoms with Gasteiger partial charge in [0.2, 0.25) is 0 Å². The van der Waals surface area contributed by atoms with Gasteiger partial charge in [-0.3, -0.25) is 0 Å². The maximum atomic E-state index is 5.56. The van der Waals surface area contributed by atoms with Crippen LogP contribution in [0.3, 0.4) is 0 Å². The number of ether oxygens (including phenoxy) is 2. The first-order chi connectivity index (χ1) is 6.60. The van der Waals surface area contributed by atoms with Crippen LogP contribution in [-0.4, -0.2) is 19.2 Å². The standard InChI is InChI=1S/C10H13NO2S/c1-6-4-9(13-3)7(10(11)14)5-8(6)12-2/h4-5H,1-3H3,(H2,11,14). The minimum Gasteiger partial charge on any atom is -0.496 e. The number of methoxy groups -OCH3 is 2. The average molecular weight is 211 g/mol. The summed E-state index contributed by atoms with van der Waals surface area (Å²) >= 11 is 4.91. The Kier molecular flexibility index (Phi) is 3.30. The zero-order valence-corrected chi connectivity index (χ0v) is 9.27. The summed E-state index contributed by atoms with van der Waals surface area (Å²) in [4.78, 5) is 0.306. The van der Waals surface area contributed by atoms with E-state index in [1.807, 2.05) is 13.0 Å². The maximum absolute atomic E-state index is 5.56. The Morgan fingerprint density at radius 1 is 1.21 bits per heavy atom. The molecule has 1 rings (SSSR count). The van der Waals surface area contributed by atoms with E-state index < -0.39 is 0 Å². The van der Waals surface area contributed by atoms with Gasteiger partial charge < -0.3 is 15.2 Å². The molecule has 1 aromatic carbocycles. The molecule has 0 heterocycles. The summed E-state index contributed by atoms with van der Waals surface area (Å²) in [6, 6.07) is 3.64. The van der Waals surface area contributed by atoms with Gasteiger partial charge >= 0.3 is 0 Å².